The zero-order chi connectivity index (χ0) is 20.7. The van der Waals surface area contributed by atoms with Crippen LogP contribution in [0.2, 0.25) is 0 Å². The van der Waals surface area contributed by atoms with Crippen LogP contribution in [-0.2, 0) is 16.0 Å². The van der Waals surface area contributed by atoms with Gasteiger partial charge in [0.05, 0.1) is 12.0 Å². The van der Waals surface area contributed by atoms with Gasteiger partial charge in [-0.25, -0.2) is 17.8 Å². The molecule has 5 nitrogen and oxygen atoms in total. The van der Waals surface area contributed by atoms with Crippen molar-refractivity contribution in [3.8, 4) is 28.3 Å². The predicted octanol–water partition coefficient (Wildman–Crippen LogP) is 4.58. The van der Waals surface area contributed by atoms with Gasteiger partial charge in [-0.2, -0.15) is 13.2 Å². The molecule has 0 aliphatic rings. The van der Waals surface area contributed by atoms with Crippen LogP contribution >= 0.6 is 0 Å². The average Bonchev–Trinajstić information content (AvgIpc) is 3.07. The van der Waals surface area contributed by atoms with Gasteiger partial charge >= 0.3 is 12.1 Å². The van der Waals surface area contributed by atoms with Gasteiger partial charge in [0, 0.05) is 17.4 Å². The molecule has 0 saturated heterocycles. The van der Waals surface area contributed by atoms with E-state index in [0.717, 1.165) is 12.3 Å². The molecule has 0 bridgehead atoms. The van der Waals surface area contributed by atoms with Crippen LogP contribution in [0.3, 0.4) is 0 Å². The summed E-state index contributed by atoms with van der Waals surface area (Å²) in [4.78, 5) is 3.47. The Hall–Kier alpha value is -2.88. The van der Waals surface area contributed by atoms with Crippen molar-refractivity contribution in [3.63, 3.8) is 0 Å². The minimum Gasteiger partial charge on any atom is -0.494 e. The SMILES string of the molecule is COc1ccc(-c2nc(C(F)(F)F)oc2-c2ccc(S(C)(=O)=O)cc2)cc1F. The first-order chi connectivity index (χ1) is 13.0. The first kappa shape index (κ1) is 19.9. The third kappa shape index (κ3) is 3.86. The van der Waals surface area contributed by atoms with E-state index in [1.165, 1.54) is 43.5 Å². The van der Waals surface area contributed by atoms with Gasteiger partial charge in [0.25, 0.3) is 0 Å². The monoisotopic (exact) mass is 415 g/mol. The van der Waals surface area contributed by atoms with Crippen molar-refractivity contribution < 1.29 is 35.1 Å². The van der Waals surface area contributed by atoms with Crippen molar-refractivity contribution in [2.45, 2.75) is 11.1 Å². The number of aromatic nitrogens is 1. The summed E-state index contributed by atoms with van der Waals surface area (Å²) in [7, 11) is -2.23. The van der Waals surface area contributed by atoms with E-state index in [2.05, 4.69) is 4.98 Å². The Morgan fingerprint density at radius 3 is 2.14 bits per heavy atom. The molecule has 0 radical (unpaired) electrons. The largest absolute Gasteiger partial charge is 0.494 e. The van der Waals surface area contributed by atoms with Crippen molar-refractivity contribution >= 4 is 9.84 Å². The van der Waals surface area contributed by atoms with Gasteiger partial charge < -0.3 is 9.15 Å². The lowest BCUT2D eigenvalue weighted by Gasteiger charge is -2.05. The number of methoxy groups -OCH3 is 1. The second kappa shape index (κ2) is 6.93. The Morgan fingerprint density at radius 2 is 1.64 bits per heavy atom. The fraction of sp³-hybridized carbons (Fsp3) is 0.167. The molecule has 1 aromatic heterocycles. The highest BCUT2D eigenvalue weighted by molar-refractivity contribution is 7.90. The third-order valence-corrected chi connectivity index (χ3v) is 4.97. The highest BCUT2D eigenvalue weighted by Crippen LogP contribution is 2.39. The van der Waals surface area contributed by atoms with Gasteiger partial charge in [-0.05, 0) is 42.5 Å². The van der Waals surface area contributed by atoms with Crippen LogP contribution in [0, 0.1) is 5.82 Å². The molecule has 0 aliphatic heterocycles. The zero-order valence-corrected chi connectivity index (χ0v) is 15.4. The van der Waals surface area contributed by atoms with E-state index >= 15 is 0 Å². The fourth-order valence-electron chi connectivity index (χ4n) is 2.50. The molecule has 3 aromatic rings. The average molecular weight is 415 g/mol. The van der Waals surface area contributed by atoms with Crippen LogP contribution in [-0.4, -0.2) is 26.8 Å². The summed E-state index contributed by atoms with van der Waals surface area (Å²) in [5.74, 6) is -2.63. The summed E-state index contributed by atoms with van der Waals surface area (Å²) < 4.78 is 86.2. The molecule has 2 aromatic carbocycles. The number of benzene rings is 2. The summed E-state index contributed by atoms with van der Waals surface area (Å²) in [6.07, 6.45) is -3.85. The summed E-state index contributed by atoms with van der Waals surface area (Å²) in [5.41, 5.74) is -0.0395. The van der Waals surface area contributed by atoms with E-state index in [-0.39, 0.29) is 33.2 Å². The van der Waals surface area contributed by atoms with Crippen molar-refractivity contribution in [2.24, 2.45) is 0 Å². The summed E-state index contributed by atoms with van der Waals surface area (Å²) in [5, 5.41) is 0. The van der Waals surface area contributed by atoms with Crippen molar-refractivity contribution in [1.29, 1.82) is 0 Å². The third-order valence-electron chi connectivity index (χ3n) is 3.84. The molecule has 0 spiro atoms. The van der Waals surface area contributed by atoms with E-state index in [1.54, 1.807) is 0 Å². The highest BCUT2D eigenvalue weighted by Gasteiger charge is 2.39. The molecule has 3 rings (SSSR count). The quantitative estimate of drug-likeness (QED) is 0.584. The number of alkyl halides is 3. The standard InChI is InChI=1S/C18H13F4NO4S/c1-26-14-8-5-11(9-13(14)19)15-16(27-17(23-15)18(20,21)22)10-3-6-12(7-4-10)28(2,24)25/h3-9H,1-2H3. The van der Waals surface area contributed by atoms with Gasteiger partial charge in [-0.15, -0.1) is 0 Å². The van der Waals surface area contributed by atoms with Gasteiger partial charge in [-0.1, -0.05) is 0 Å². The number of ether oxygens (including phenoxy) is 1. The predicted molar refractivity (Wildman–Crippen MR) is 92.0 cm³/mol. The lowest BCUT2D eigenvalue weighted by molar-refractivity contribution is -0.156. The minimum atomic E-state index is -4.86. The summed E-state index contributed by atoms with van der Waals surface area (Å²) >= 11 is 0. The minimum absolute atomic E-state index is 0.0103. The molecule has 0 unspecified atom stereocenters. The number of rotatable bonds is 4. The number of nitrogens with zero attached hydrogens (tertiary/aromatic N) is 1. The Labute approximate surface area is 157 Å². The van der Waals surface area contributed by atoms with E-state index in [9.17, 15) is 26.0 Å². The number of hydrogen-bond donors (Lipinski definition) is 0. The van der Waals surface area contributed by atoms with Crippen molar-refractivity contribution in [1.82, 2.24) is 4.98 Å². The van der Waals surface area contributed by atoms with Crippen LogP contribution in [0.5, 0.6) is 5.75 Å². The Bertz CT molecular complexity index is 1120. The molecule has 0 atom stereocenters. The van der Waals surface area contributed by atoms with Crippen LogP contribution in [0.25, 0.3) is 22.6 Å². The van der Waals surface area contributed by atoms with Crippen LogP contribution in [0.15, 0.2) is 51.8 Å². The number of sulfone groups is 1. The molecule has 0 amide bonds. The summed E-state index contributed by atoms with van der Waals surface area (Å²) in [6, 6.07) is 8.63. The second-order valence-electron chi connectivity index (χ2n) is 5.84. The van der Waals surface area contributed by atoms with Crippen molar-refractivity contribution in [3.05, 3.63) is 54.2 Å². The Morgan fingerprint density at radius 1 is 1.04 bits per heavy atom. The normalized spacial score (nSPS) is 12.2. The number of oxazole rings is 1. The molecule has 0 saturated carbocycles. The first-order valence-electron chi connectivity index (χ1n) is 7.73. The van der Waals surface area contributed by atoms with E-state index in [0.29, 0.717) is 0 Å². The molecule has 1 heterocycles. The van der Waals surface area contributed by atoms with Gasteiger partial charge in [0.2, 0.25) is 0 Å². The molecule has 148 valence electrons. The molecule has 0 aliphatic carbocycles. The highest BCUT2D eigenvalue weighted by atomic mass is 32.2. The van der Waals surface area contributed by atoms with Gasteiger partial charge in [-0.3, -0.25) is 0 Å². The number of hydrogen-bond acceptors (Lipinski definition) is 5. The maximum absolute atomic E-state index is 14.0. The molecule has 0 fully saturated rings. The van der Waals surface area contributed by atoms with E-state index < -0.39 is 27.7 Å². The van der Waals surface area contributed by atoms with E-state index in [4.69, 9.17) is 9.15 Å². The van der Waals surface area contributed by atoms with Gasteiger partial charge in [0.1, 0.15) is 5.69 Å². The smallest absolute Gasteiger partial charge is 0.468 e. The lowest BCUT2D eigenvalue weighted by atomic mass is 10.1. The van der Waals surface area contributed by atoms with Crippen molar-refractivity contribution in [2.75, 3.05) is 13.4 Å². The summed E-state index contributed by atoms with van der Waals surface area (Å²) in [6.45, 7) is 0. The second-order valence-corrected chi connectivity index (χ2v) is 7.86. The topological polar surface area (TPSA) is 69.4 Å². The Balaban J connectivity index is 2.18. The first-order valence-corrected chi connectivity index (χ1v) is 9.62. The lowest BCUT2D eigenvalue weighted by Crippen LogP contribution is -2.04. The molecular formula is C18H13F4NO4S. The fourth-order valence-corrected chi connectivity index (χ4v) is 3.13. The Kier molecular flexibility index (Phi) is 4.92. The molecule has 28 heavy (non-hydrogen) atoms. The maximum Gasteiger partial charge on any atom is 0.468 e. The molecule has 10 heteroatoms. The molecular weight excluding hydrogens is 402 g/mol. The van der Waals surface area contributed by atoms with Crippen LogP contribution in [0.4, 0.5) is 17.6 Å². The maximum atomic E-state index is 14.0. The zero-order valence-electron chi connectivity index (χ0n) is 14.5. The van der Waals surface area contributed by atoms with Crippen LogP contribution in [0.1, 0.15) is 5.89 Å². The number of halogens is 4. The van der Waals surface area contributed by atoms with Crippen LogP contribution < -0.4 is 4.74 Å². The van der Waals surface area contributed by atoms with Gasteiger partial charge in [0.15, 0.2) is 27.2 Å². The van der Waals surface area contributed by atoms with E-state index in [1.807, 2.05) is 0 Å². The molecule has 0 N–H and O–H groups in total.